The molecule has 4 nitrogen and oxygen atoms in total. The number of nitrogens with zero attached hydrogens (tertiary/aromatic N) is 1. The van der Waals surface area contributed by atoms with Crippen LogP contribution in [0.5, 0.6) is 0 Å². The van der Waals surface area contributed by atoms with Gasteiger partial charge in [-0.1, -0.05) is 12.1 Å². The maximum atomic E-state index is 12.8. The lowest BCUT2D eigenvalue weighted by Crippen LogP contribution is -2.24. The molecule has 3 rings (SSSR count). The zero-order valence-electron chi connectivity index (χ0n) is 13.2. The molecule has 1 aromatic carbocycles. The molecule has 27 heavy (non-hydrogen) atoms. The molecule has 1 aromatic heterocycles. The summed E-state index contributed by atoms with van der Waals surface area (Å²) in [5, 5.41) is 20.6. The highest BCUT2D eigenvalue weighted by molar-refractivity contribution is 6.03. The number of hydrogen-bond donors (Lipinski definition) is 2. The van der Waals surface area contributed by atoms with Crippen LogP contribution in [0.25, 0.3) is 0 Å². The molecule has 3 unspecified atom stereocenters. The zero-order chi connectivity index (χ0) is 20.1. The van der Waals surface area contributed by atoms with E-state index in [9.17, 15) is 41.4 Å². The van der Waals surface area contributed by atoms with Gasteiger partial charge in [-0.15, -0.1) is 0 Å². The van der Waals surface area contributed by atoms with Crippen molar-refractivity contribution in [3.05, 3.63) is 64.5 Å². The number of hydrogen-bond acceptors (Lipinski definition) is 4. The highest BCUT2D eigenvalue weighted by atomic mass is 19.4. The molecule has 2 N–H and O–H groups in total. The lowest BCUT2D eigenvalue weighted by molar-refractivity contribution is -0.141. The SMILES string of the molecule is O=C1c2ccc(C(F)(F)F)cc2C(O)C1C(O)c1cccc(C(F)(F)F)n1. The molecule has 1 aliphatic carbocycles. The Kier molecular flexibility index (Phi) is 4.51. The molecule has 1 aliphatic rings. The van der Waals surface area contributed by atoms with Crippen molar-refractivity contribution in [2.24, 2.45) is 5.92 Å². The van der Waals surface area contributed by atoms with Gasteiger partial charge in [-0.2, -0.15) is 26.3 Å². The number of carbonyl (C=O) groups is 1. The number of benzene rings is 1. The molecule has 0 amide bonds. The van der Waals surface area contributed by atoms with E-state index in [1.54, 1.807) is 0 Å². The molecule has 2 aromatic rings. The van der Waals surface area contributed by atoms with Crippen LogP contribution in [-0.2, 0) is 12.4 Å². The average molecular weight is 391 g/mol. The number of fused-ring (bicyclic) bond motifs is 1. The van der Waals surface area contributed by atoms with Gasteiger partial charge >= 0.3 is 12.4 Å². The quantitative estimate of drug-likeness (QED) is 0.766. The summed E-state index contributed by atoms with van der Waals surface area (Å²) in [5.41, 5.74) is -3.50. The third-order valence-corrected chi connectivity index (χ3v) is 4.31. The summed E-state index contributed by atoms with van der Waals surface area (Å²) in [6.07, 6.45) is -13.3. The van der Waals surface area contributed by atoms with Crippen LogP contribution in [0.2, 0.25) is 0 Å². The van der Waals surface area contributed by atoms with Gasteiger partial charge in [0.25, 0.3) is 0 Å². The number of ketones is 1. The van der Waals surface area contributed by atoms with Crippen LogP contribution in [0, 0.1) is 5.92 Å². The minimum absolute atomic E-state index is 0.230. The summed E-state index contributed by atoms with van der Waals surface area (Å²) in [7, 11) is 0. The topological polar surface area (TPSA) is 70.4 Å². The summed E-state index contributed by atoms with van der Waals surface area (Å²) in [6.45, 7) is 0. The fourth-order valence-electron chi connectivity index (χ4n) is 3.00. The van der Waals surface area contributed by atoms with E-state index >= 15 is 0 Å². The average Bonchev–Trinajstić information content (AvgIpc) is 2.83. The van der Waals surface area contributed by atoms with Gasteiger partial charge in [0.1, 0.15) is 11.8 Å². The van der Waals surface area contributed by atoms with Crippen molar-refractivity contribution < 1.29 is 41.4 Å². The molecular weight excluding hydrogens is 380 g/mol. The number of aliphatic hydroxyl groups is 2. The van der Waals surface area contributed by atoms with Crippen molar-refractivity contribution in [1.82, 2.24) is 4.98 Å². The van der Waals surface area contributed by atoms with Crippen molar-refractivity contribution in [3.63, 3.8) is 0 Å². The lowest BCUT2D eigenvalue weighted by Gasteiger charge is -2.21. The van der Waals surface area contributed by atoms with E-state index in [1.165, 1.54) is 0 Å². The predicted octanol–water partition coefficient (Wildman–Crippen LogP) is 3.70. The minimum atomic E-state index is -4.79. The summed E-state index contributed by atoms with van der Waals surface area (Å²) in [6, 6.07) is 4.77. The molecule has 1 heterocycles. The minimum Gasteiger partial charge on any atom is -0.388 e. The normalized spacial score (nSPS) is 21.3. The van der Waals surface area contributed by atoms with Crippen LogP contribution in [0.4, 0.5) is 26.3 Å². The Hall–Kier alpha value is -2.46. The summed E-state index contributed by atoms with van der Waals surface area (Å²) >= 11 is 0. The highest BCUT2D eigenvalue weighted by Gasteiger charge is 2.45. The Morgan fingerprint density at radius 2 is 1.67 bits per heavy atom. The first-order chi connectivity index (χ1) is 12.4. The van der Waals surface area contributed by atoms with E-state index < -0.39 is 53.2 Å². The number of halogens is 6. The third-order valence-electron chi connectivity index (χ3n) is 4.31. The van der Waals surface area contributed by atoms with Crippen LogP contribution in [0.15, 0.2) is 36.4 Å². The van der Waals surface area contributed by atoms with E-state index in [0.717, 1.165) is 18.2 Å². The van der Waals surface area contributed by atoms with Gasteiger partial charge in [-0.3, -0.25) is 4.79 Å². The van der Waals surface area contributed by atoms with E-state index in [-0.39, 0.29) is 11.1 Å². The van der Waals surface area contributed by atoms with Gasteiger partial charge in [-0.25, -0.2) is 4.98 Å². The molecular formula is C17H11F6NO3. The van der Waals surface area contributed by atoms with Crippen LogP contribution in [0.1, 0.15) is 45.1 Å². The first kappa shape index (κ1) is 19.3. The number of carbonyl (C=O) groups excluding carboxylic acids is 1. The Balaban J connectivity index is 1.97. The van der Waals surface area contributed by atoms with Crippen LogP contribution < -0.4 is 0 Å². The molecule has 0 bridgehead atoms. The number of alkyl halides is 6. The summed E-state index contributed by atoms with van der Waals surface area (Å²) < 4.78 is 76.8. The first-order valence-corrected chi connectivity index (χ1v) is 7.57. The third kappa shape index (κ3) is 3.42. The Morgan fingerprint density at radius 1 is 1.00 bits per heavy atom. The molecule has 0 spiro atoms. The zero-order valence-corrected chi connectivity index (χ0v) is 13.2. The number of rotatable bonds is 2. The first-order valence-electron chi connectivity index (χ1n) is 7.57. The molecule has 0 saturated heterocycles. The van der Waals surface area contributed by atoms with Crippen molar-refractivity contribution in [1.29, 1.82) is 0 Å². The van der Waals surface area contributed by atoms with Gasteiger partial charge < -0.3 is 10.2 Å². The van der Waals surface area contributed by atoms with Crippen LogP contribution in [-0.4, -0.2) is 21.0 Å². The smallest absolute Gasteiger partial charge is 0.388 e. The van der Waals surface area contributed by atoms with Gasteiger partial charge in [-0.05, 0) is 29.8 Å². The second kappa shape index (κ2) is 6.31. The van der Waals surface area contributed by atoms with E-state index in [0.29, 0.717) is 18.2 Å². The van der Waals surface area contributed by atoms with Gasteiger partial charge in [0, 0.05) is 5.56 Å². The molecule has 10 heteroatoms. The number of aromatic nitrogens is 1. The number of Topliss-reactive ketones (excluding diaryl/α,β-unsaturated/α-hetero) is 1. The van der Waals surface area contributed by atoms with E-state index in [4.69, 9.17) is 0 Å². The van der Waals surface area contributed by atoms with Gasteiger partial charge in [0.15, 0.2) is 5.78 Å². The molecule has 3 atom stereocenters. The Labute approximate surface area is 148 Å². The number of pyridine rings is 1. The van der Waals surface area contributed by atoms with Gasteiger partial charge in [0.2, 0.25) is 0 Å². The van der Waals surface area contributed by atoms with Crippen molar-refractivity contribution in [3.8, 4) is 0 Å². The predicted molar refractivity (Wildman–Crippen MR) is 78.4 cm³/mol. The van der Waals surface area contributed by atoms with Crippen molar-refractivity contribution in [2.45, 2.75) is 24.6 Å². The van der Waals surface area contributed by atoms with Crippen molar-refractivity contribution >= 4 is 5.78 Å². The molecule has 144 valence electrons. The number of aliphatic hydroxyl groups excluding tert-OH is 2. The molecule has 0 aliphatic heterocycles. The second-order valence-corrected chi connectivity index (χ2v) is 6.02. The van der Waals surface area contributed by atoms with Crippen molar-refractivity contribution in [2.75, 3.05) is 0 Å². The molecule has 0 fully saturated rings. The summed E-state index contributed by atoms with van der Waals surface area (Å²) in [5.74, 6) is -2.54. The van der Waals surface area contributed by atoms with Crippen LogP contribution in [0.3, 0.4) is 0 Å². The largest absolute Gasteiger partial charge is 0.433 e. The maximum Gasteiger partial charge on any atom is 0.433 e. The van der Waals surface area contributed by atoms with E-state index in [1.807, 2.05) is 0 Å². The highest BCUT2D eigenvalue weighted by Crippen LogP contribution is 2.44. The Morgan fingerprint density at radius 3 is 2.26 bits per heavy atom. The Bertz CT molecular complexity index is 893. The second-order valence-electron chi connectivity index (χ2n) is 6.02. The monoisotopic (exact) mass is 391 g/mol. The van der Waals surface area contributed by atoms with Gasteiger partial charge in [0.05, 0.1) is 23.3 Å². The summed E-state index contributed by atoms with van der Waals surface area (Å²) in [4.78, 5) is 15.7. The standard InChI is InChI=1S/C17H11F6NO3/c18-16(19,20)7-4-5-8-9(6-7)14(26)12(13(8)25)15(27)10-2-1-3-11(24-10)17(21,22)23/h1-6,12,14-15,26-27H. The molecule has 0 radical (unpaired) electrons. The lowest BCUT2D eigenvalue weighted by atomic mass is 9.93. The van der Waals surface area contributed by atoms with E-state index in [2.05, 4.69) is 4.98 Å². The van der Waals surface area contributed by atoms with Crippen LogP contribution >= 0.6 is 0 Å². The maximum absolute atomic E-state index is 12.8. The fourth-order valence-corrected chi connectivity index (χ4v) is 3.00. The fraction of sp³-hybridized carbons (Fsp3) is 0.294. The molecule has 0 saturated carbocycles.